The summed E-state index contributed by atoms with van der Waals surface area (Å²) in [6, 6.07) is 7.53. The van der Waals surface area contributed by atoms with E-state index in [-0.39, 0.29) is 11.9 Å². The minimum atomic E-state index is -3.47. The van der Waals surface area contributed by atoms with Crippen LogP contribution in [-0.4, -0.2) is 62.3 Å². The highest BCUT2D eigenvalue weighted by Gasteiger charge is 2.30. The highest BCUT2D eigenvalue weighted by Crippen LogP contribution is 2.24. The molecule has 162 valence electrons. The van der Waals surface area contributed by atoms with Crippen molar-refractivity contribution < 1.29 is 13.2 Å². The summed E-state index contributed by atoms with van der Waals surface area (Å²) in [5.74, 6) is 0.602. The fraction of sp³-hybridized carbons (Fsp3) is 0.682. The first kappa shape index (κ1) is 22.2. The maximum atomic E-state index is 12.9. The highest BCUT2D eigenvalue weighted by atomic mass is 32.2. The van der Waals surface area contributed by atoms with Gasteiger partial charge in [0, 0.05) is 32.2 Å². The number of hydrogen-bond acceptors (Lipinski definition) is 4. The molecule has 1 saturated carbocycles. The summed E-state index contributed by atoms with van der Waals surface area (Å²) in [6.07, 6.45) is 6.69. The molecule has 1 aliphatic heterocycles. The number of sulfonamides is 1. The lowest BCUT2D eigenvalue weighted by Crippen LogP contribution is -2.52. The van der Waals surface area contributed by atoms with Gasteiger partial charge in [0.15, 0.2) is 0 Å². The SMILES string of the molecule is CCCc1ccc(S(=O)(=O)N2CCN(CC(=O)N[C@H]3CCCC[C@@H]3C)CC2)cc1. The fourth-order valence-corrected chi connectivity index (χ4v) is 5.80. The molecular formula is C22H35N3O3S. The Kier molecular flexibility index (Phi) is 7.71. The number of hydrogen-bond donors (Lipinski definition) is 1. The summed E-state index contributed by atoms with van der Waals surface area (Å²) in [6.45, 7) is 6.69. The van der Waals surface area contributed by atoms with Crippen LogP contribution in [0.3, 0.4) is 0 Å². The van der Waals surface area contributed by atoms with Gasteiger partial charge in [-0.2, -0.15) is 4.31 Å². The first-order valence-electron chi connectivity index (χ1n) is 11.0. The van der Waals surface area contributed by atoms with Crippen LogP contribution < -0.4 is 5.32 Å². The number of carbonyl (C=O) groups excluding carboxylic acids is 1. The number of aryl methyl sites for hydroxylation is 1. The average Bonchev–Trinajstić information content (AvgIpc) is 2.71. The number of piperazine rings is 1. The lowest BCUT2D eigenvalue weighted by Gasteiger charge is -2.34. The Hall–Kier alpha value is -1.44. The number of nitrogens with one attached hydrogen (secondary N) is 1. The van der Waals surface area contributed by atoms with E-state index in [2.05, 4.69) is 24.1 Å². The molecule has 3 rings (SSSR count). The van der Waals surface area contributed by atoms with Gasteiger partial charge in [-0.25, -0.2) is 8.42 Å². The molecule has 29 heavy (non-hydrogen) atoms. The van der Waals surface area contributed by atoms with Gasteiger partial charge in [0.25, 0.3) is 0 Å². The van der Waals surface area contributed by atoms with Crippen LogP contribution in [0.15, 0.2) is 29.2 Å². The molecule has 7 heteroatoms. The molecule has 2 atom stereocenters. The van der Waals surface area contributed by atoms with Gasteiger partial charge in [-0.1, -0.05) is 45.2 Å². The Labute approximate surface area is 175 Å². The van der Waals surface area contributed by atoms with Crippen molar-refractivity contribution >= 4 is 15.9 Å². The predicted octanol–water partition coefficient (Wildman–Crippen LogP) is 2.64. The maximum absolute atomic E-state index is 12.9. The molecule has 1 aliphatic carbocycles. The van der Waals surface area contributed by atoms with Crippen LogP contribution in [-0.2, 0) is 21.2 Å². The summed E-state index contributed by atoms with van der Waals surface area (Å²) in [4.78, 5) is 14.8. The lowest BCUT2D eigenvalue weighted by molar-refractivity contribution is -0.123. The first-order valence-corrected chi connectivity index (χ1v) is 12.4. The topological polar surface area (TPSA) is 69.7 Å². The summed E-state index contributed by atoms with van der Waals surface area (Å²) >= 11 is 0. The van der Waals surface area contributed by atoms with Crippen molar-refractivity contribution in [3.8, 4) is 0 Å². The quantitative estimate of drug-likeness (QED) is 0.735. The molecule has 0 unspecified atom stereocenters. The second-order valence-corrected chi connectivity index (χ2v) is 10.4. The molecule has 1 N–H and O–H groups in total. The molecule has 0 bridgehead atoms. The lowest BCUT2D eigenvalue weighted by atomic mass is 9.86. The average molecular weight is 422 g/mol. The molecule has 2 aliphatic rings. The zero-order valence-electron chi connectivity index (χ0n) is 17.8. The largest absolute Gasteiger partial charge is 0.352 e. The second kappa shape index (κ2) is 10.0. The van der Waals surface area contributed by atoms with Crippen molar-refractivity contribution in [1.82, 2.24) is 14.5 Å². The number of nitrogens with zero attached hydrogens (tertiary/aromatic N) is 2. The van der Waals surface area contributed by atoms with Gasteiger partial charge in [0.05, 0.1) is 11.4 Å². The van der Waals surface area contributed by atoms with Gasteiger partial charge in [0.2, 0.25) is 15.9 Å². The molecule has 1 heterocycles. The number of benzene rings is 1. The summed E-state index contributed by atoms with van der Waals surface area (Å²) < 4.78 is 27.4. The monoisotopic (exact) mass is 421 g/mol. The third-order valence-electron chi connectivity index (χ3n) is 6.26. The molecule has 1 aromatic carbocycles. The number of carbonyl (C=O) groups is 1. The van der Waals surface area contributed by atoms with Gasteiger partial charge in [-0.05, 0) is 42.9 Å². The molecule has 0 aromatic heterocycles. The van der Waals surface area contributed by atoms with Crippen LogP contribution in [0.5, 0.6) is 0 Å². The summed E-state index contributed by atoms with van der Waals surface area (Å²) in [5, 5.41) is 3.19. The van der Waals surface area contributed by atoms with E-state index in [9.17, 15) is 13.2 Å². The maximum Gasteiger partial charge on any atom is 0.243 e. The number of rotatable bonds is 7. The van der Waals surface area contributed by atoms with Crippen LogP contribution >= 0.6 is 0 Å². The zero-order valence-corrected chi connectivity index (χ0v) is 18.6. The Bertz CT molecular complexity index is 771. The molecule has 1 saturated heterocycles. The van der Waals surface area contributed by atoms with Crippen molar-refractivity contribution in [3.63, 3.8) is 0 Å². The van der Waals surface area contributed by atoms with E-state index in [1.807, 2.05) is 12.1 Å². The Morgan fingerprint density at radius 1 is 1.07 bits per heavy atom. The van der Waals surface area contributed by atoms with Gasteiger partial charge >= 0.3 is 0 Å². The Morgan fingerprint density at radius 2 is 1.72 bits per heavy atom. The van der Waals surface area contributed by atoms with Crippen LogP contribution in [0.4, 0.5) is 0 Å². The van der Waals surface area contributed by atoms with E-state index in [0.717, 1.165) is 24.8 Å². The van der Waals surface area contributed by atoms with E-state index in [0.29, 0.717) is 43.5 Å². The van der Waals surface area contributed by atoms with Crippen LogP contribution in [0, 0.1) is 5.92 Å². The number of amides is 1. The third kappa shape index (κ3) is 5.80. The molecule has 1 aromatic rings. The first-order chi connectivity index (χ1) is 13.9. The van der Waals surface area contributed by atoms with Gasteiger partial charge in [0.1, 0.15) is 0 Å². The third-order valence-corrected chi connectivity index (χ3v) is 8.17. The minimum Gasteiger partial charge on any atom is -0.352 e. The van der Waals surface area contributed by atoms with Gasteiger partial charge < -0.3 is 5.32 Å². The van der Waals surface area contributed by atoms with E-state index in [1.54, 1.807) is 16.4 Å². The molecule has 2 fully saturated rings. The van der Waals surface area contributed by atoms with Crippen LogP contribution in [0.2, 0.25) is 0 Å². The Balaban J connectivity index is 1.49. The van der Waals surface area contributed by atoms with Crippen molar-refractivity contribution in [2.75, 3.05) is 32.7 Å². The van der Waals surface area contributed by atoms with E-state index >= 15 is 0 Å². The van der Waals surface area contributed by atoms with E-state index in [1.165, 1.54) is 19.3 Å². The molecular weight excluding hydrogens is 386 g/mol. The van der Waals surface area contributed by atoms with Gasteiger partial charge in [-0.15, -0.1) is 0 Å². The van der Waals surface area contributed by atoms with E-state index in [4.69, 9.17) is 0 Å². The Morgan fingerprint density at radius 3 is 2.34 bits per heavy atom. The van der Waals surface area contributed by atoms with Crippen LogP contribution in [0.25, 0.3) is 0 Å². The fourth-order valence-electron chi connectivity index (χ4n) is 4.38. The van der Waals surface area contributed by atoms with E-state index < -0.39 is 10.0 Å². The normalized spacial score (nSPS) is 24.3. The minimum absolute atomic E-state index is 0.0616. The zero-order chi connectivity index (χ0) is 20.9. The second-order valence-electron chi connectivity index (χ2n) is 8.51. The van der Waals surface area contributed by atoms with Crippen molar-refractivity contribution in [3.05, 3.63) is 29.8 Å². The smallest absolute Gasteiger partial charge is 0.243 e. The van der Waals surface area contributed by atoms with Crippen LogP contribution in [0.1, 0.15) is 51.5 Å². The predicted molar refractivity (Wildman–Crippen MR) is 115 cm³/mol. The standard InChI is InChI=1S/C22H35N3O3S/c1-3-6-19-9-11-20(12-10-19)29(27,28)25-15-13-24(14-16-25)17-22(26)23-21-8-5-4-7-18(21)2/h9-12,18,21H,3-8,13-17H2,1-2H3,(H,23,26)/t18-,21-/m0/s1. The molecule has 0 radical (unpaired) electrons. The summed E-state index contributed by atoms with van der Waals surface area (Å²) in [5.41, 5.74) is 1.16. The highest BCUT2D eigenvalue weighted by molar-refractivity contribution is 7.89. The van der Waals surface area contributed by atoms with Crippen molar-refractivity contribution in [2.24, 2.45) is 5.92 Å². The van der Waals surface area contributed by atoms with Gasteiger partial charge in [-0.3, -0.25) is 9.69 Å². The van der Waals surface area contributed by atoms with Crippen molar-refractivity contribution in [2.45, 2.75) is 63.3 Å². The molecule has 6 nitrogen and oxygen atoms in total. The van der Waals surface area contributed by atoms with Crippen molar-refractivity contribution in [1.29, 1.82) is 0 Å². The molecule has 1 amide bonds. The summed E-state index contributed by atoms with van der Waals surface area (Å²) in [7, 11) is -3.47. The molecule has 0 spiro atoms.